The molecule has 0 aliphatic heterocycles. The van der Waals surface area contributed by atoms with Crippen molar-refractivity contribution in [3.63, 3.8) is 0 Å². The standard InChI is InChI=1S/C16H17ClN2O3/c1-11-9-12(7-8-15(11)19(21)22)18-10-16(2,20)13-5-3-4-6-14(13)17/h3-9,18,20H,10H2,1-2H3. The van der Waals surface area contributed by atoms with Crippen LogP contribution in [0.5, 0.6) is 0 Å². The maximum atomic E-state index is 10.8. The topological polar surface area (TPSA) is 75.4 Å². The smallest absolute Gasteiger partial charge is 0.272 e. The third-order valence-corrected chi connectivity index (χ3v) is 3.81. The van der Waals surface area contributed by atoms with E-state index in [9.17, 15) is 15.2 Å². The average molecular weight is 321 g/mol. The van der Waals surface area contributed by atoms with Crippen LogP contribution in [0.4, 0.5) is 11.4 Å². The van der Waals surface area contributed by atoms with E-state index in [0.717, 1.165) is 0 Å². The van der Waals surface area contributed by atoms with Crippen molar-refractivity contribution in [3.05, 3.63) is 68.7 Å². The van der Waals surface area contributed by atoms with Crippen molar-refractivity contribution in [3.8, 4) is 0 Å². The highest BCUT2D eigenvalue weighted by Crippen LogP contribution is 2.29. The van der Waals surface area contributed by atoms with E-state index in [-0.39, 0.29) is 12.2 Å². The van der Waals surface area contributed by atoms with Gasteiger partial charge in [0.15, 0.2) is 0 Å². The van der Waals surface area contributed by atoms with Crippen LogP contribution < -0.4 is 5.32 Å². The number of nitro benzene ring substituents is 1. The van der Waals surface area contributed by atoms with Crippen molar-refractivity contribution in [2.75, 3.05) is 11.9 Å². The van der Waals surface area contributed by atoms with Gasteiger partial charge in [-0.1, -0.05) is 29.8 Å². The fourth-order valence-corrected chi connectivity index (χ4v) is 2.58. The van der Waals surface area contributed by atoms with E-state index in [1.807, 2.05) is 6.07 Å². The van der Waals surface area contributed by atoms with Gasteiger partial charge < -0.3 is 10.4 Å². The van der Waals surface area contributed by atoms with Crippen LogP contribution in [-0.2, 0) is 5.60 Å². The van der Waals surface area contributed by atoms with Gasteiger partial charge in [0.25, 0.3) is 5.69 Å². The first-order chi connectivity index (χ1) is 10.3. The number of nitro groups is 1. The van der Waals surface area contributed by atoms with Crippen molar-refractivity contribution >= 4 is 23.0 Å². The molecule has 0 saturated carbocycles. The van der Waals surface area contributed by atoms with Crippen LogP contribution in [0.25, 0.3) is 0 Å². The minimum atomic E-state index is -1.16. The molecule has 0 amide bonds. The molecule has 0 spiro atoms. The average Bonchev–Trinajstić information content (AvgIpc) is 2.45. The van der Waals surface area contributed by atoms with Crippen molar-refractivity contribution in [1.82, 2.24) is 0 Å². The molecule has 0 heterocycles. The third kappa shape index (κ3) is 3.55. The monoisotopic (exact) mass is 320 g/mol. The van der Waals surface area contributed by atoms with E-state index in [4.69, 9.17) is 11.6 Å². The molecule has 2 rings (SSSR count). The van der Waals surface area contributed by atoms with Gasteiger partial charge in [-0.15, -0.1) is 0 Å². The Hall–Kier alpha value is -2.11. The molecular formula is C16H17ClN2O3. The summed E-state index contributed by atoms with van der Waals surface area (Å²) in [6.45, 7) is 3.57. The van der Waals surface area contributed by atoms with E-state index < -0.39 is 10.5 Å². The Labute approximate surface area is 133 Å². The molecule has 0 aromatic heterocycles. The summed E-state index contributed by atoms with van der Waals surface area (Å²) in [6.07, 6.45) is 0. The molecule has 116 valence electrons. The molecule has 1 unspecified atom stereocenters. The van der Waals surface area contributed by atoms with Gasteiger partial charge in [-0.3, -0.25) is 10.1 Å². The molecule has 1 atom stereocenters. The first kappa shape index (κ1) is 16.3. The van der Waals surface area contributed by atoms with Crippen LogP contribution >= 0.6 is 11.6 Å². The van der Waals surface area contributed by atoms with Crippen molar-refractivity contribution in [2.24, 2.45) is 0 Å². The molecule has 2 aromatic rings. The molecule has 0 bridgehead atoms. The molecule has 0 aliphatic carbocycles. The molecular weight excluding hydrogens is 304 g/mol. The summed E-state index contributed by atoms with van der Waals surface area (Å²) in [7, 11) is 0. The molecule has 22 heavy (non-hydrogen) atoms. The molecule has 5 nitrogen and oxygen atoms in total. The van der Waals surface area contributed by atoms with E-state index in [0.29, 0.717) is 21.8 Å². The number of nitrogens with one attached hydrogen (secondary N) is 1. The van der Waals surface area contributed by atoms with Gasteiger partial charge >= 0.3 is 0 Å². The lowest BCUT2D eigenvalue weighted by molar-refractivity contribution is -0.385. The number of aryl methyl sites for hydroxylation is 1. The van der Waals surface area contributed by atoms with Crippen LogP contribution in [-0.4, -0.2) is 16.6 Å². The molecule has 2 aromatic carbocycles. The lowest BCUT2D eigenvalue weighted by Gasteiger charge is -2.26. The maximum Gasteiger partial charge on any atom is 0.272 e. The van der Waals surface area contributed by atoms with Gasteiger partial charge in [-0.2, -0.15) is 0 Å². The highest BCUT2D eigenvalue weighted by molar-refractivity contribution is 6.31. The van der Waals surface area contributed by atoms with Gasteiger partial charge in [-0.05, 0) is 32.0 Å². The Bertz CT molecular complexity index is 702. The van der Waals surface area contributed by atoms with Crippen molar-refractivity contribution in [1.29, 1.82) is 0 Å². The Morgan fingerprint density at radius 1 is 1.32 bits per heavy atom. The van der Waals surface area contributed by atoms with Crippen LogP contribution in [0.1, 0.15) is 18.1 Å². The Morgan fingerprint density at radius 2 is 2.00 bits per heavy atom. The number of aliphatic hydroxyl groups is 1. The van der Waals surface area contributed by atoms with Gasteiger partial charge in [-0.25, -0.2) is 0 Å². The van der Waals surface area contributed by atoms with Crippen molar-refractivity contribution < 1.29 is 10.0 Å². The number of hydrogen-bond donors (Lipinski definition) is 2. The van der Waals surface area contributed by atoms with Crippen LogP contribution in [0.3, 0.4) is 0 Å². The first-order valence-corrected chi connectivity index (χ1v) is 7.15. The minimum absolute atomic E-state index is 0.0726. The lowest BCUT2D eigenvalue weighted by Crippen LogP contribution is -2.31. The highest BCUT2D eigenvalue weighted by Gasteiger charge is 2.25. The Morgan fingerprint density at radius 3 is 2.59 bits per heavy atom. The Kier molecular flexibility index (Phi) is 4.68. The van der Waals surface area contributed by atoms with Crippen LogP contribution in [0.2, 0.25) is 5.02 Å². The molecule has 0 aliphatic rings. The normalized spacial score (nSPS) is 13.5. The number of benzene rings is 2. The van der Waals surface area contributed by atoms with E-state index in [1.165, 1.54) is 6.07 Å². The van der Waals surface area contributed by atoms with Gasteiger partial charge in [0.2, 0.25) is 0 Å². The summed E-state index contributed by atoms with van der Waals surface area (Å²) in [5.41, 5.74) is 0.808. The minimum Gasteiger partial charge on any atom is -0.384 e. The number of halogens is 1. The summed E-state index contributed by atoms with van der Waals surface area (Å²) in [6, 6.07) is 11.9. The summed E-state index contributed by atoms with van der Waals surface area (Å²) >= 11 is 6.11. The third-order valence-electron chi connectivity index (χ3n) is 3.48. The molecule has 6 heteroatoms. The molecule has 0 saturated heterocycles. The van der Waals surface area contributed by atoms with E-state index in [1.54, 1.807) is 44.2 Å². The maximum absolute atomic E-state index is 10.8. The Balaban J connectivity index is 2.14. The zero-order valence-electron chi connectivity index (χ0n) is 12.3. The number of rotatable bonds is 5. The quantitative estimate of drug-likeness (QED) is 0.647. The van der Waals surface area contributed by atoms with Crippen LogP contribution in [0.15, 0.2) is 42.5 Å². The summed E-state index contributed by atoms with van der Waals surface area (Å²) in [5, 5.41) is 25.0. The first-order valence-electron chi connectivity index (χ1n) is 6.77. The molecule has 0 fully saturated rings. The predicted octanol–water partition coefficient (Wildman–Crippen LogP) is 3.88. The molecule has 2 N–H and O–H groups in total. The van der Waals surface area contributed by atoms with E-state index in [2.05, 4.69) is 5.32 Å². The SMILES string of the molecule is Cc1cc(NCC(C)(O)c2ccccc2Cl)ccc1[N+](=O)[O-]. The second-order valence-corrected chi connectivity index (χ2v) is 5.77. The second-order valence-electron chi connectivity index (χ2n) is 5.37. The predicted molar refractivity (Wildman–Crippen MR) is 87.3 cm³/mol. The fraction of sp³-hybridized carbons (Fsp3) is 0.250. The van der Waals surface area contributed by atoms with Crippen LogP contribution in [0, 0.1) is 17.0 Å². The summed E-state index contributed by atoms with van der Waals surface area (Å²) in [4.78, 5) is 10.4. The van der Waals surface area contributed by atoms with Gasteiger partial charge in [0.05, 0.1) is 4.92 Å². The number of anilines is 1. The zero-order valence-corrected chi connectivity index (χ0v) is 13.1. The summed E-state index contributed by atoms with van der Waals surface area (Å²) < 4.78 is 0. The molecule has 0 radical (unpaired) electrons. The summed E-state index contributed by atoms with van der Waals surface area (Å²) in [5.74, 6) is 0. The van der Waals surface area contributed by atoms with E-state index >= 15 is 0 Å². The second kappa shape index (κ2) is 6.34. The number of nitrogens with zero attached hydrogens (tertiary/aromatic N) is 1. The largest absolute Gasteiger partial charge is 0.384 e. The number of hydrogen-bond acceptors (Lipinski definition) is 4. The van der Waals surface area contributed by atoms with Gasteiger partial charge in [0.1, 0.15) is 5.60 Å². The zero-order chi connectivity index (χ0) is 16.3. The fourth-order valence-electron chi connectivity index (χ4n) is 2.24. The van der Waals surface area contributed by atoms with Crippen molar-refractivity contribution in [2.45, 2.75) is 19.4 Å². The van der Waals surface area contributed by atoms with Gasteiger partial charge in [0, 0.05) is 34.4 Å². The lowest BCUT2D eigenvalue weighted by atomic mass is 9.96. The highest BCUT2D eigenvalue weighted by atomic mass is 35.5.